The molecule has 0 amide bonds. The Morgan fingerprint density at radius 1 is 0.897 bits per heavy atom. The van der Waals surface area contributed by atoms with Crippen LogP contribution in [0.2, 0.25) is 0 Å². The molecule has 0 radical (unpaired) electrons. The molecule has 0 spiro atoms. The quantitative estimate of drug-likeness (QED) is 0.147. The second-order valence-corrected chi connectivity index (χ2v) is 4.93. The summed E-state index contributed by atoms with van der Waals surface area (Å²) >= 11 is 8.98. The van der Waals surface area contributed by atoms with E-state index in [1.165, 1.54) is 12.4 Å². The molecule has 15 heteroatoms. The largest absolute Gasteiger partial charge is 3.00 e. The molecule has 0 atom stereocenters. The Balaban J connectivity index is 0. The van der Waals surface area contributed by atoms with Gasteiger partial charge >= 0.3 is 19.8 Å². The van der Waals surface area contributed by atoms with Crippen molar-refractivity contribution < 1.29 is 5.09 Å². The van der Waals surface area contributed by atoms with E-state index in [9.17, 15) is 0 Å². The number of hydrogen-bond donors (Lipinski definition) is 2. The van der Waals surface area contributed by atoms with Crippen LogP contribution in [0.1, 0.15) is 11.4 Å². The summed E-state index contributed by atoms with van der Waals surface area (Å²) in [5.74, 6) is 0. The molecular weight excluding hydrogens is 476 g/mol. The van der Waals surface area contributed by atoms with Gasteiger partial charge in [0.2, 0.25) is 0 Å². The first kappa shape index (κ1) is 28.1. The van der Waals surface area contributed by atoms with E-state index in [0.29, 0.717) is 0 Å². The van der Waals surface area contributed by atoms with Crippen molar-refractivity contribution in [3.05, 3.63) is 75.5 Å². The van der Waals surface area contributed by atoms with Crippen LogP contribution in [-0.2, 0) is 25.3 Å². The number of amidine groups is 2. The van der Waals surface area contributed by atoms with Gasteiger partial charge in [-0.25, -0.2) is 0 Å². The fourth-order valence-electron chi connectivity index (χ4n) is 1.19. The Hall–Kier alpha value is -3.14. The van der Waals surface area contributed by atoms with Gasteiger partial charge in [0.25, 0.3) is 0 Å². The molecule has 2 aromatic heterocycles. The Morgan fingerprint density at radius 2 is 1.24 bits per heavy atom. The van der Waals surface area contributed by atoms with E-state index < -0.39 is 5.09 Å². The molecule has 0 unspecified atom stereocenters. The second-order valence-electron chi connectivity index (χ2n) is 4.10. The molecule has 2 heterocycles. The van der Waals surface area contributed by atoms with Crippen LogP contribution < -0.4 is 11.5 Å². The molecular formula is C14H14GaN9O3S2. The van der Waals surface area contributed by atoms with Crippen LogP contribution in [0.3, 0.4) is 0 Å². The smallest absolute Gasteiger partial charge is 0.741 e. The van der Waals surface area contributed by atoms with Gasteiger partial charge in [0.15, 0.2) is 0 Å². The number of rotatable bonds is 4. The van der Waals surface area contributed by atoms with Gasteiger partial charge in [-0.05, 0) is 34.6 Å². The van der Waals surface area contributed by atoms with Crippen molar-refractivity contribution in [2.45, 2.75) is 0 Å². The van der Waals surface area contributed by atoms with Gasteiger partial charge < -0.3 is 52.0 Å². The zero-order valence-corrected chi connectivity index (χ0v) is 18.7. The van der Waals surface area contributed by atoms with Crippen molar-refractivity contribution in [1.29, 1.82) is 0 Å². The minimum Gasteiger partial charge on any atom is -0.741 e. The van der Waals surface area contributed by atoms with Crippen LogP contribution in [0.5, 0.6) is 0 Å². The topological polar surface area (TPSA) is 193 Å². The fourth-order valence-corrected chi connectivity index (χ4v) is 1.29. The summed E-state index contributed by atoms with van der Waals surface area (Å²) in [5.41, 5.74) is 11.6. The van der Waals surface area contributed by atoms with Crippen molar-refractivity contribution in [1.82, 2.24) is 9.97 Å². The molecule has 0 bridgehead atoms. The van der Waals surface area contributed by atoms with Crippen LogP contribution >= 0.6 is 0 Å². The van der Waals surface area contributed by atoms with E-state index in [4.69, 9.17) is 26.8 Å². The van der Waals surface area contributed by atoms with Gasteiger partial charge in [-0.3, -0.25) is 9.97 Å². The molecule has 2 rings (SSSR count). The van der Waals surface area contributed by atoms with Gasteiger partial charge in [0, 0.05) is 12.4 Å². The van der Waals surface area contributed by atoms with Gasteiger partial charge in [-0.2, -0.15) is 20.4 Å². The molecule has 0 aliphatic carbocycles. The molecule has 148 valence electrons. The maximum Gasteiger partial charge on any atom is 3.00 e. The summed E-state index contributed by atoms with van der Waals surface area (Å²) in [5, 5.41) is 28.9. The third kappa shape index (κ3) is 21.0. The van der Waals surface area contributed by atoms with Crippen LogP contribution in [-0.4, -0.2) is 57.6 Å². The normalized spacial score (nSPS) is 10.9. The molecule has 0 aliphatic rings. The molecule has 29 heavy (non-hydrogen) atoms. The van der Waals surface area contributed by atoms with E-state index in [1.807, 2.05) is 24.3 Å². The summed E-state index contributed by atoms with van der Waals surface area (Å²) in [6, 6.07) is 11.0. The zero-order chi connectivity index (χ0) is 21.2. The van der Waals surface area contributed by atoms with E-state index in [0.717, 1.165) is 11.4 Å². The molecule has 12 nitrogen and oxygen atoms in total. The van der Waals surface area contributed by atoms with Crippen LogP contribution in [0, 0.1) is 15.3 Å². The number of aromatic nitrogens is 2. The van der Waals surface area contributed by atoms with Crippen molar-refractivity contribution >= 4 is 67.8 Å². The third-order valence-electron chi connectivity index (χ3n) is 2.07. The molecule has 0 aromatic carbocycles. The van der Waals surface area contributed by atoms with Gasteiger partial charge in [-0.1, -0.05) is 12.1 Å². The molecule has 0 fully saturated rings. The van der Waals surface area contributed by atoms with Gasteiger partial charge in [0.1, 0.15) is 0 Å². The number of nitrogens with zero attached hydrogens (tertiary/aromatic N) is 7. The maximum atomic E-state index is 8.25. The predicted octanol–water partition coefficient (Wildman–Crippen LogP) is -0.0657. The summed E-state index contributed by atoms with van der Waals surface area (Å²) in [6.45, 7) is 0. The zero-order valence-electron chi connectivity index (χ0n) is 14.7. The molecule has 4 N–H and O–H groups in total. The fraction of sp³-hybridized carbons (Fsp3) is 0. The first-order chi connectivity index (χ1) is 13.3. The summed E-state index contributed by atoms with van der Waals surface area (Å²) in [6.07, 6.45) is 6.31. The van der Waals surface area contributed by atoms with E-state index >= 15 is 0 Å². The molecule has 0 saturated heterocycles. The Labute approximate surface area is 189 Å². The number of pyridine rings is 2. The van der Waals surface area contributed by atoms with Crippen molar-refractivity contribution in [3.63, 3.8) is 0 Å². The molecule has 0 saturated carbocycles. The summed E-state index contributed by atoms with van der Waals surface area (Å²) < 4.78 is 0. The van der Waals surface area contributed by atoms with Crippen LogP contribution in [0.15, 0.2) is 69.2 Å². The van der Waals surface area contributed by atoms with E-state index in [1.54, 1.807) is 24.5 Å². The minimum absolute atomic E-state index is 0. The average molecular weight is 490 g/mol. The van der Waals surface area contributed by atoms with Crippen molar-refractivity contribution in [2.75, 3.05) is 0 Å². The predicted molar refractivity (Wildman–Crippen MR) is 118 cm³/mol. The molecule has 2 aromatic rings. The number of hydrogen-bond acceptors (Lipinski definition) is 11. The van der Waals surface area contributed by atoms with Gasteiger partial charge in [-0.15, -0.1) is 0 Å². The van der Waals surface area contributed by atoms with E-state index in [-0.39, 0.29) is 30.1 Å². The summed E-state index contributed by atoms with van der Waals surface area (Å²) in [4.78, 5) is 16.2. The monoisotopic (exact) mass is 489 g/mol. The first-order valence-corrected chi connectivity index (χ1v) is 7.83. The van der Waals surface area contributed by atoms with E-state index in [2.05, 4.69) is 55.6 Å². The average Bonchev–Trinajstić information content (AvgIpc) is 2.63. The standard InChI is InChI=1S/2C7H8N4S.Ga.NO3/c2*8-7(12)11-10-5-6-3-1-2-4-9-6;;2-1(3)4/h2*1-5H,(H3,8,11,12);;/q;;+3;-1/p-2/b2*10-5+;;. The Morgan fingerprint density at radius 3 is 1.48 bits per heavy atom. The Bertz CT molecular complexity index is 746. The third-order valence-corrected chi connectivity index (χ3v) is 2.23. The SMILES string of the molecule is N/C([S-])=N/N=C/c1ccccn1.N/C([S-])=N/N=C/c1ccccn1.O=[N+]([O-])[O-].[Ga+3]. The van der Waals surface area contributed by atoms with Gasteiger partial charge in [0.05, 0.1) is 28.9 Å². The minimum atomic E-state index is -1.75. The number of nitrogens with two attached hydrogens (primary N) is 2. The summed E-state index contributed by atoms with van der Waals surface area (Å²) in [7, 11) is 0. The second kappa shape index (κ2) is 18.2. The van der Waals surface area contributed by atoms with Crippen LogP contribution in [0.4, 0.5) is 0 Å². The van der Waals surface area contributed by atoms with Crippen molar-refractivity contribution in [2.24, 2.45) is 31.9 Å². The first-order valence-electron chi connectivity index (χ1n) is 7.02. The maximum absolute atomic E-state index is 8.25. The van der Waals surface area contributed by atoms with Crippen LogP contribution in [0.25, 0.3) is 0 Å². The van der Waals surface area contributed by atoms with Crippen molar-refractivity contribution in [3.8, 4) is 0 Å². The Kier molecular flexibility index (Phi) is 17.6. The molecule has 0 aliphatic heterocycles.